The molecule has 0 aliphatic carbocycles. The minimum absolute atomic E-state index is 0.0784. The molecule has 0 saturated heterocycles. The lowest BCUT2D eigenvalue weighted by Crippen LogP contribution is -2.36. The van der Waals surface area contributed by atoms with Gasteiger partial charge >= 0.3 is 18.3 Å². The third-order valence-electron chi connectivity index (χ3n) is 2.03. The van der Waals surface area contributed by atoms with Crippen molar-refractivity contribution >= 4 is 6.16 Å². The first kappa shape index (κ1) is 15.9. The molecule has 0 rings (SSSR count). The second-order valence-corrected chi connectivity index (χ2v) is 3.48. The van der Waals surface area contributed by atoms with Crippen molar-refractivity contribution in [1.82, 2.24) is 0 Å². The quantitative estimate of drug-likeness (QED) is 0.432. The van der Waals surface area contributed by atoms with Gasteiger partial charge in [0.15, 0.2) is 0 Å². The van der Waals surface area contributed by atoms with Crippen molar-refractivity contribution in [1.29, 1.82) is 0 Å². The Balaban J connectivity index is 3.55. The molecule has 0 amide bonds. The van der Waals surface area contributed by atoms with E-state index in [1.807, 2.05) is 0 Å². The molecule has 0 aromatic rings. The third kappa shape index (κ3) is 6.96. The maximum Gasteiger partial charge on any atom is 0.505 e. The molecule has 8 heteroatoms. The van der Waals surface area contributed by atoms with E-state index in [0.717, 1.165) is 0 Å². The molecule has 0 aromatic heterocycles. The Hall–Kier alpha value is -1.08. The van der Waals surface area contributed by atoms with Crippen molar-refractivity contribution in [2.45, 2.75) is 44.2 Å². The van der Waals surface area contributed by atoms with E-state index in [2.05, 4.69) is 4.74 Å². The fraction of sp³-hybridized carbons (Fsp3) is 0.889. The van der Waals surface area contributed by atoms with Crippen LogP contribution in [-0.2, 0) is 4.74 Å². The molecule has 0 aliphatic heterocycles. The van der Waals surface area contributed by atoms with Gasteiger partial charge in [0.2, 0.25) is 0 Å². The van der Waals surface area contributed by atoms with Crippen LogP contribution >= 0.6 is 0 Å². The molecule has 17 heavy (non-hydrogen) atoms. The molecule has 0 heterocycles. The van der Waals surface area contributed by atoms with Crippen LogP contribution in [-0.4, -0.2) is 30.0 Å². The van der Waals surface area contributed by atoms with Gasteiger partial charge in [0, 0.05) is 6.42 Å². The van der Waals surface area contributed by atoms with E-state index in [4.69, 9.17) is 5.11 Å². The van der Waals surface area contributed by atoms with Crippen LogP contribution in [0.15, 0.2) is 0 Å². The maximum atomic E-state index is 12.4. The van der Waals surface area contributed by atoms with Crippen LogP contribution in [0.5, 0.6) is 0 Å². The van der Waals surface area contributed by atoms with Crippen LogP contribution < -0.4 is 0 Å². The standard InChI is InChI=1S/C9H13F5O3/c10-8(11,9(12,13)14)5-3-1-2-4-6-17-7(15)16/h1-6H2,(H,15,16). The minimum atomic E-state index is -5.50. The van der Waals surface area contributed by atoms with Crippen LogP contribution in [0.4, 0.5) is 26.7 Å². The summed E-state index contributed by atoms with van der Waals surface area (Å²) in [6.45, 7) is -0.0784. The second-order valence-electron chi connectivity index (χ2n) is 3.48. The molecular formula is C9H13F5O3. The normalized spacial score (nSPS) is 12.5. The first-order valence-corrected chi connectivity index (χ1v) is 4.97. The van der Waals surface area contributed by atoms with E-state index >= 15 is 0 Å². The molecule has 102 valence electrons. The van der Waals surface area contributed by atoms with Crippen molar-refractivity contribution in [3.8, 4) is 0 Å². The molecule has 0 bridgehead atoms. The summed E-state index contributed by atoms with van der Waals surface area (Å²) in [6.07, 6.45) is -7.61. The maximum absolute atomic E-state index is 12.4. The van der Waals surface area contributed by atoms with E-state index in [1.165, 1.54) is 0 Å². The summed E-state index contributed by atoms with van der Waals surface area (Å²) in [5.41, 5.74) is 0. The average molecular weight is 264 g/mol. The zero-order chi connectivity index (χ0) is 13.5. The smallest absolute Gasteiger partial charge is 0.450 e. The average Bonchev–Trinajstić information content (AvgIpc) is 2.13. The number of hydrogen-bond acceptors (Lipinski definition) is 2. The summed E-state index contributed by atoms with van der Waals surface area (Å²) in [5.74, 6) is -4.65. The molecule has 0 unspecified atom stereocenters. The number of hydrogen-bond donors (Lipinski definition) is 1. The first-order valence-electron chi connectivity index (χ1n) is 4.97. The van der Waals surface area contributed by atoms with Crippen LogP contribution in [0.1, 0.15) is 32.1 Å². The molecule has 0 spiro atoms. The zero-order valence-electron chi connectivity index (χ0n) is 8.90. The van der Waals surface area contributed by atoms with E-state index in [9.17, 15) is 26.7 Å². The molecule has 0 aliphatic rings. The Morgan fingerprint density at radius 3 is 2.00 bits per heavy atom. The third-order valence-corrected chi connectivity index (χ3v) is 2.03. The molecule has 0 saturated carbocycles. The largest absolute Gasteiger partial charge is 0.505 e. The first-order chi connectivity index (χ1) is 7.67. The van der Waals surface area contributed by atoms with Gasteiger partial charge in [0.1, 0.15) is 0 Å². The highest BCUT2D eigenvalue weighted by atomic mass is 19.4. The second kappa shape index (κ2) is 6.61. The summed E-state index contributed by atoms with van der Waals surface area (Å²) < 4.78 is 64.1. The lowest BCUT2D eigenvalue weighted by molar-refractivity contribution is -0.284. The summed E-state index contributed by atoms with van der Waals surface area (Å²) in [5, 5.41) is 8.07. The Bertz CT molecular complexity index is 239. The Morgan fingerprint density at radius 2 is 1.53 bits per heavy atom. The van der Waals surface area contributed by atoms with E-state index < -0.39 is 24.7 Å². The van der Waals surface area contributed by atoms with Gasteiger partial charge in [-0.15, -0.1) is 0 Å². The van der Waals surface area contributed by atoms with Crippen LogP contribution in [0, 0.1) is 0 Å². The van der Waals surface area contributed by atoms with Crippen molar-refractivity contribution in [3.63, 3.8) is 0 Å². The number of ether oxygens (including phenoxy) is 1. The van der Waals surface area contributed by atoms with Gasteiger partial charge in [0.05, 0.1) is 6.61 Å². The fourth-order valence-corrected chi connectivity index (χ4v) is 1.10. The van der Waals surface area contributed by atoms with Gasteiger partial charge in [-0.05, 0) is 12.8 Å². The molecule has 3 nitrogen and oxygen atoms in total. The number of rotatable bonds is 7. The molecule has 1 N–H and O–H groups in total. The number of carbonyl (C=O) groups is 1. The van der Waals surface area contributed by atoms with E-state index in [1.54, 1.807) is 0 Å². The molecule has 0 aromatic carbocycles. The van der Waals surface area contributed by atoms with Gasteiger partial charge in [0.25, 0.3) is 0 Å². The zero-order valence-corrected chi connectivity index (χ0v) is 8.90. The lowest BCUT2D eigenvalue weighted by atomic mass is 10.1. The van der Waals surface area contributed by atoms with Gasteiger partial charge in [-0.3, -0.25) is 0 Å². The Labute approximate surface area is 94.6 Å². The molecule has 0 fully saturated rings. The van der Waals surface area contributed by atoms with Crippen LogP contribution in [0.2, 0.25) is 0 Å². The highest BCUT2D eigenvalue weighted by Crippen LogP contribution is 2.39. The van der Waals surface area contributed by atoms with Gasteiger partial charge in [-0.1, -0.05) is 12.8 Å². The monoisotopic (exact) mass is 264 g/mol. The molecule has 0 radical (unpaired) electrons. The van der Waals surface area contributed by atoms with E-state index in [0.29, 0.717) is 12.8 Å². The van der Waals surface area contributed by atoms with Gasteiger partial charge < -0.3 is 9.84 Å². The fourth-order valence-electron chi connectivity index (χ4n) is 1.10. The van der Waals surface area contributed by atoms with Gasteiger partial charge in [-0.25, -0.2) is 4.79 Å². The summed E-state index contributed by atoms with van der Waals surface area (Å²) >= 11 is 0. The Morgan fingerprint density at radius 1 is 1.00 bits per heavy atom. The summed E-state index contributed by atoms with van der Waals surface area (Å²) in [7, 11) is 0. The van der Waals surface area contributed by atoms with Gasteiger partial charge in [-0.2, -0.15) is 22.0 Å². The van der Waals surface area contributed by atoms with Crippen LogP contribution in [0.25, 0.3) is 0 Å². The van der Waals surface area contributed by atoms with Crippen molar-refractivity contribution in [3.05, 3.63) is 0 Å². The molecular weight excluding hydrogens is 251 g/mol. The minimum Gasteiger partial charge on any atom is -0.450 e. The summed E-state index contributed by atoms with van der Waals surface area (Å²) in [4.78, 5) is 9.88. The van der Waals surface area contributed by atoms with Crippen molar-refractivity contribution in [2.75, 3.05) is 6.61 Å². The summed E-state index contributed by atoms with van der Waals surface area (Å²) in [6, 6.07) is 0. The molecule has 0 atom stereocenters. The number of halogens is 5. The van der Waals surface area contributed by atoms with Crippen molar-refractivity contribution in [2.24, 2.45) is 0 Å². The highest BCUT2D eigenvalue weighted by molar-refractivity contribution is 5.56. The lowest BCUT2D eigenvalue weighted by Gasteiger charge is -2.19. The Kier molecular flexibility index (Phi) is 6.19. The SMILES string of the molecule is O=C(O)OCCCCCCC(F)(F)C(F)(F)F. The number of carboxylic acid groups (broad SMARTS) is 1. The van der Waals surface area contributed by atoms with E-state index in [-0.39, 0.29) is 19.4 Å². The number of alkyl halides is 5. The topological polar surface area (TPSA) is 46.5 Å². The predicted molar refractivity (Wildman–Crippen MR) is 48.1 cm³/mol. The van der Waals surface area contributed by atoms with Crippen molar-refractivity contribution < 1.29 is 36.6 Å². The van der Waals surface area contributed by atoms with Crippen LogP contribution in [0.3, 0.4) is 0 Å². The predicted octanol–water partition coefficient (Wildman–Crippen LogP) is 3.83. The number of unbranched alkanes of at least 4 members (excludes halogenated alkanes) is 3. The highest BCUT2D eigenvalue weighted by Gasteiger charge is 2.56.